The number of rotatable bonds is 5. The Bertz CT molecular complexity index is 640. The van der Waals surface area contributed by atoms with E-state index in [2.05, 4.69) is 22.4 Å². The monoisotopic (exact) mass is 296 g/mol. The summed E-state index contributed by atoms with van der Waals surface area (Å²) in [5.74, 6) is 0.319. The molecule has 1 saturated carbocycles. The van der Waals surface area contributed by atoms with Gasteiger partial charge in [-0.25, -0.2) is 0 Å². The quantitative estimate of drug-likeness (QED) is 0.890. The van der Waals surface area contributed by atoms with Gasteiger partial charge in [0.25, 0.3) is 0 Å². The molecule has 0 spiro atoms. The number of aromatic nitrogens is 1. The number of carbonyl (C=O) groups excluding carboxylic acids is 1. The van der Waals surface area contributed by atoms with Crippen LogP contribution in [0.5, 0.6) is 0 Å². The van der Waals surface area contributed by atoms with Crippen molar-refractivity contribution in [2.45, 2.75) is 25.3 Å². The van der Waals surface area contributed by atoms with Crippen molar-refractivity contribution in [1.29, 1.82) is 0 Å². The molecule has 1 aliphatic carbocycles. The number of aliphatic hydroxyl groups excluding tert-OH is 1. The molecule has 4 heteroatoms. The third-order valence-electron chi connectivity index (χ3n) is 4.19. The summed E-state index contributed by atoms with van der Waals surface area (Å²) < 4.78 is 0. The van der Waals surface area contributed by atoms with E-state index in [0.29, 0.717) is 5.92 Å². The molecule has 22 heavy (non-hydrogen) atoms. The van der Waals surface area contributed by atoms with E-state index in [1.165, 1.54) is 5.56 Å². The normalized spacial score (nSPS) is 21.2. The van der Waals surface area contributed by atoms with Crippen LogP contribution in [0.4, 0.5) is 0 Å². The molecule has 0 bridgehead atoms. The number of carbonyl (C=O) groups is 1. The van der Waals surface area contributed by atoms with Gasteiger partial charge in [0.05, 0.1) is 12.6 Å². The number of amides is 1. The fourth-order valence-electron chi connectivity index (χ4n) is 2.75. The lowest BCUT2D eigenvalue weighted by molar-refractivity contribution is -0.123. The predicted octanol–water partition coefficient (Wildman–Crippen LogP) is 2.34. The maximum absolute atomic E-state index is 12.4. The Hall–Kier alpha value is -2.20. The average Bonchev–Trinajstić information content (AvgIpc) is 3.35. The third-order valence-corrected chi connectivity index (χ3v) is 4.19. The highest BCUT2D eigenvalue weighted by molar-refractivity contribution is 5.83. The molecule has 3 atom stereocenters. The van der Waals surface area contributed by atoms with Crippen LogP contribution in [0.1, 0.15) is 35.2 Å². The zero-order valence-electron chi connectivity index (χ0n) is 12.6. The molecule has 1 aromatic heterocycles. The lowest BCUT2D eigenvalue weighted by Gasteiger charge is -2.16. The molecular weight excluding hydrogens is 276 g/mol. The highest BCUT2D eigenvalue weighted by Crippen LogP contribution is 2.47. The Kier molecular flexibility index (Phi) is 4.20. The van der Waals surface area contributed by atoms with Crippen molar-refractivity contribution < 1.29 is 9.90 Å². The number of nitrogens with one attached hydrogen (secondary N) is 1. The summed E-state index contributed by atoms with van der Waals surface area (Å²) in [6, 6.07) is 13.5. The van der Waals surface area contributed by atoms with Crippen molar-refractivity contribution in [1.82, 2.24) is 10.3 Å². The lowest BCUT2D eigenvalue weighted by Crippen LogP contribution is -2.32. The van der Waals surface area contributed by atoms with E-state index < -0.39 is 6.04 Å². The smallest absolute Gasteiger partial charge is 0.224 e. The summed E-state index contributed by atoms with van der Waals surface area (Å²) in [7, 11) is 0. The van der Waals surface area contributed by atoms with E-state index in [1.807, 2.05) is 37.3 Å². The average molecular weight is 296 g/mol. The molecule has 2 N–H and O–H groups in total. The molecule has 0 saturated heterocycles. The van der Waals surface area contributed by atoms with Crippen LogP contribution in [-0.4, -0.2) is 22.6 Å². The molecule has 4 nitrogen and oxygen atoms in total. The fourth-order valence-corrected chi connectivity index (χ4v) is 2.75. The second-order valence-corrected chi connectivity index (χ2v) is 5.84. The third kappa shape index (κ3) is 3.17. The number of nitrogens with zero attached hydrogens (tertiary/aromatic N) is 1. The second kappa shape index (κ2) is 6.28. The number of pyridine rings is 1. The molecule has 2 aromatic rings. The van der Waals surface area contributed by atoms with Gasteiger partial charge in [0.2, 0.25) is 5.91 Å². The van der Waals surface area contributed by atoms with Gasteiger partial charge in [0.15, 0.2) is 0 Å². The maximum atomic E-state index is 12.4. The molecule has 3 rings (SSSR count). The molecule has 1 aromatic carbocycles. The minimum absolute atomic E-state index is 0.00785. The van der Waals surface area contributed by atoms with Crippen LogP contribution in [0, 0.1) is 12.8 Å². The standard InChI is InChI=1S/C18H20N2O2/c1-12-7-8-14(10-19-12)17(11-21)20-18(22)16-9-15(16)13-5-3-2-4-6-13/h2-8,10,15-17,21H,9,11H2,1H3,(H,20,22)/t15-,16+,17+/m1/s1. The Balaban J connectivity index is 1.63. The van der Waals surface area contributed by atoms with E-state index in [-0.39, 0.29) is 18.4 Å². The first-order valence-electron chi connectivity index (χ1n) is 7.57. The van der Waals surface area contributed by atoms with Crippen LogP contribution < -0.4 is 5.32 Å². The van der Waals surface area contributed by atoms with Crippen molar-refractivity contribution in [3.8, 4) is 0 Å². The SMILES string of the molecule is Cc1ccc([C@H](CO)NC(=O)[C@H]2C[C@@H]2c2ccccc2)cn1. The molecule has 1 aliphatic rings. The fraction of sp³-hybridized carbons (Fsp3) is 0.333. The van der Waals surface area contributed by atoms with Crippen LogP contribution in [0.25, 0.3) is 0 Å². The summed E-state index contributed by atoms with van der Waals surface area (Å²) in [5, 5.41) is 12.5. The number of benzene rings is 1. The van der Waals surface area contributed by atoms with Gasteiger partial charge >= 0.3 is 0 Å². The number of hydrogen-bond acceptors (Lipinski definition) is 3. The largest absolute Gasteiger partial charge is 0.394 e. The van der Waals surface area contributed by atoms with Crippen LogP contribution in [0.3, 0.4) is 0 Å². The van der Waals surface area contributed by atoms with Crippen LogP contribution in [-0.2, 0) is 4.79 Å². The first kappa shape index (κ1) is 14.7. The number of hydrogen-bond donors (Lipinski definition) is 2. The minimum atomic E-state index is -0.391. The van der Waals surface area contributed by atoms with Gasteiger partial charge in [-0.05, 0) is 36.5 Å². The summed E-state index contributed by atoms with van der Waals surface area (Å²) in [4.78, 5) is 16.6. The summed E-state index contributed by atoms with van der Waals surface area (Å²) in [6.45, 7) is 1.78. The van der Waals surface area contributed by atoms with Gasteiger partial charge < -0.3 is 10.4 Å². The summed E-state index contributed by atoms with van der Waals surface area (Å²) in [6.07, 6.45) is 2.58. The molecule has 1 heterocycles. The van der Waals surface area contributed by atoms with Gasteiger partial charge in [-0.2, -0.15) is 0 Å². The Morgan fingerprint density at radius 3 is 2.73 bits per heavy atom. The summed E-state index contributed by atoms with van der Waals surface area (Å²) >= 11 is 0. The van der Waals surface area contributed by atoms with Crippen molar-refractivity contribution in [2.24, 2.45) is 5.92 Å². The molecule has 1 fully saturated rings. The highest BCUT2D eigenvalue weighted by atomic mass is 16.3. The zero-order chi connectivity index (χ0) is 15.5. The van der Waals surface area contributed by atoms with Crippen molar-refractivity contribution in [3.05, 3.63) is 65.5 Å². The molecule has 0 radical (unpaired) electrons. The van der Waals surface area contributed by atoms with Gasteiger partial charge in [-0.15, -0.1) is 0 Å². The number of aryl methyl sites for hydroxylation is 1. The number of aliphatic hydroxyl groups is 1. The molecule has 1 amide bonds. The van der Waals surface area contributed by atoms with E-state index in [1.54, 1.807) is 6.20 Å². The van der Waals surface area contributed by atoms with E-state index >= 15 is 0 Å². The van der Waals surface area contributed by atoms with Gasteiger partial charge in [-0.3, -0.25) is 9.78 Å². The van der Waals surface area contributed by atoms with Gasteiger partial charge in [0, 0.05) is 17.8 Å². The summed E-state index contributed by atoms with van der Waals surface area (Å²) in [5.41, 5.74) is 2.96. The highest BCUT2D eigenvalue weighted by Gasteiger charge is 2.44. The van der Waals surface area contributed by atoms with Crippen LogP contribution >= 0.6 is 0 Å². The van der Waals surface area contributed by atoms with Crippen molar-refractivity contribution in [3.63, 3.8) is 0 Å². The minimum Gasteiger partial charge on any atom is -0.394 e. The van der Waals surface area contributed by atoms with Gasteiger partial charge in [0.1, 0.15) is 0 Å². The molecule has 0 aliphatic heterocycles. The molecule has 0 unspecified atom stereocenters. The van der Waals surface area contributed by atoms with Gasteiger partial charge in [-0.1, -0.05) is 36.4 Å². The second-order valence-electron chi connectivity index (χ2n) is 5.84. The molecule has 114 valence electrons. The van der Waals surface area contributed by atoms with E-state index in [9.17, 15) is 9.90 Å². The Morgan fingerprint density at radius 2 is 2.09 bits per heavy atom. The first-order valence-corrected chi connectivity index (χ1v) is 7.57. The first-order chi connectivity index (χ1) is 10.7. The Labute approximate surface area is 130 Å². The van der Waals surface area contributed by atoms with Crippen LogP contribution in [0.15, 0.2) is 48.7 Å². The zero-order valence-corrected chi connectivity index (χ0v) is 12.6. The molecular formula is C18H20N2O2. The van der Waals surface area contributed by atoms with Crippen LogP contribution in [0.2, 0.25) is 0 Å². The topological polar surface area (TPSA) is 62.2 Å². The van der Waals surface area contributed by atoms with E-state index in [0.717, 1.165) is 17.7 Å². The Morgan fingerprint density at radius 1 is 1.32 bits per heavy atom. The van der Waals surface area contributed by atoms with Crippen molar-refractivity contribution in [2.75, 3.05) is 6.61 Å². The lowest BCUT2D eigenvalue weighted by atomic mass is 10.1. The maximum Gasteiger partial charge on any atom is 0.224 e. The van der Waals surface area contributed by atoms with E-state index in [4.69, 9.17) is 0 Å². The predicted molar refractivity (Wildman–Crippen MR) is 84.2 cm³/mol. The van der Waals surface area contributed by atoms with Crippen molar-refractivity contribution >= 4 is 5.91 Å².